The third-order valence-corrected chi connectivity index (χ3v) is 5.31. The fraction of sp³-hybridized carbons (Fsp3) is 0.333. The number of ether oxygens (including phenoxy) is 1. The van der Waals surface area contributed by atoms with Crippen molar-refractivity contribution in [3.05, 3.63) is 33.8 Å². The molecule has 0 radical (unpaired) electrons. The van der Waals surface area contributed by atoms with Crippen molar-refractivity contribution in [1.29, 1.82) is 0 Å². The van der Waals surface area contributed by atoms with E-state index in [2.05, 4.69) is 38.1 Å². The maximum atomic E-state index is 11.6. The van der Waals surface area contributed by atoms with Crippen LogP contribution in [-0.4, -0.2) is 28.1 Å². The van der Waals surface area contributed by atoms with Gasteiger partial charge in [-0.15, -0.1) is 17.7 Å². The van der Waals surface area contributed by atoms with Gasteiger partial charge in [0.1, 0.15) is 5.54 Å². The number of pyridine rings is 1. The molecule has 0 aliphatic heterocycles. The molecule has 0 bridgehead atoms. The van der Waals surface area contributed by atoms with Crippen LogP contribution in [0.3, 0.4) is 0 Å². The van der Waals surface area contributed by atoms with Crippen molar-refractivity contribution in [1.82, 2.24) is 10.3 Å². The topological polar surface area (TPSA) is 51.2 Å². The lowest BCUT2D eigenvalue weighted by molar-refractivity contribution is -0.120. The molecule has 2 unspecified atom stereocenters. The SMILES string of the molecule is CC#CC(C)(NC(C)=O)C(Oc1nc2c(Cl)cccc2cc1Br)SC. The fourth-order valence-corrected chi connectivity index (χ4v) is 3.91. The summed E-state index contributed by atoms with van der Waals surface area (Å²) >= 11 is 11.2. The number of fused-ring (bicyclic) bond motifs is 1. The molecule has 0 aliphatic rings. The predicted molar refractivity (Wildman–Crippen MR) is 108 cm³/mol. The quantitative estimate of drug-likeness (QED) is 0.542. The Balaban J connectivity index is 2.45. The third-order valence-electron chi connectivity index (χ3n) is 3.44. The molecule has 0 saturated carbocycles. The van der Waals surface area contributed by atoms with Gasteiger partial charge in [-0.2, -0.15) is 0 Å². The Hall–Kier alpha value is -1.42. The monoisotopic (exact) mass is 440 g/mol. The summed E-state index contributed by atoms with van der Waals surface area (Å²) in [6.07, 6.45) is 1.89. The van der Waals surface area contributed by atoms with Gasteiger partial charge in [-0.3, -0.25) is 4.79 Å². The van der Waals surface area contributed by atoms with Crippen LogP contribution < -0.4 is 10.1 Å². The third kappa shape index (κ3) is 4.60. The Labute approximate surface area is 165 Å². The van der Waals surface area contributed by atoms with Crippen LogP contribution >= 0.6 is 39.3 Å². The van der Waals surface area contributed by atoms with Gasteiger partial charge in [0.25, 0.3) is 0 Å². The molecular weight excluding hydrogens is 424 g/mol. The highest BCUT2D eigenvalue weighted by atomic mass is 79.9. The van der Waals surface area contributed by atoms with Gasteiger partial charge < -0.3 is 10.1 Å². The Morgan fingerprint density at radius 3 is 2.84 bits per heavy atom. The second kappa shape index (κ2) is 8.31. The van der Waals surface area contributed by atoms with Crippen LogP contribution in [0.5, 0.6) is 5.88 Å². The molecule has 1 heterocycles. The van der Waals surface area contributed by atoms with E-state index in [4.69, 9.17) is 16.3 Å². The number of nitrogens with zero attached hydrogens (tertiary/aromatic N) is 1. The molecule has 132 valence electrons. The van der Waals surface area contributed by atoms with Gasteiger partial charge in [-0.25, -0.2) is 4.98 Å². The highest BCUT2D eigenvalue weighted by Crippen LogP contribution is 2.33. The van der Waals surface area contributed by atoms with Crippen LogP contribution in [0.15, 0.2) is 28.7 Å². The number of amides is 1. The predicted octanol–water partition coefficient (Wildman–Crippen LogP) is 4.64. The van der Waals surface area contributed by atoms with E-state index in [1.807, 2.05) is 31.4 Å². The lowest BCUT2D eigenvalue weighted by Gasteiger charge is -2.32. The van der Waals surface area contributed by atoms with Crippen LogP contribution in [0.25, 0.3) is 10.9 Å². The van der Waals surface area contributed by atoms with Gasteiger partial charge >= 0.3 is 0 Å². The standard InChI is InChI=1S/C18H18BrClN2O2S/c1-5-9-18(3,22-11(2)23)17(25-4)24-16-13(19)10-12-7-6-8-14(20)15(12)21-16/h6-8,10,17H,1-4H3,(H,22,23). The Bertz CT molecular complexity index is 865. The number of carbonyl (C=O) groups excluding carboxylic acids is 1. The molecule has 25 heavy (non-hydrogen) atoms. The minimum atomic E-state index is -0.865. The normalized spacial score (nSPS) is 14.2. The number of halogens is 2. The lowest BCUT2D eigenvalue weighted by Crippen LogP contribution is -2.53. The van der Waals surface area contributed by atoms with Crippen molar-refractivity contribution in [3.63, 3.8) is 0 Å². The van der Waals surface area contributed by atoms with Gasteiger partial charge in [0.05, 0.1) is 15.0 Å². The summed E-state index contributed by atoms with van der Waals surface area (Å²) in [5.74, 6) is 6.11. The number of para-hydroxylation sites is 1. The first-order chi connectivity index (χ1) is 11.8. The molecule has 0 saturated heterocycles. The van der Waals surface area contributed by atoms with Crippen LogP contribution in [0.1, 0.15) is 20.8 Å². The molecule has 0 aliphatic carbocycles. The van der Waals surface area contributed by atoms with Crippen LogP contribution in [0.4, 0.5) is 0 Å². The summed E-state index contributed by atoms with van der Waals surface area (Å²) in [6, 6.07) is 7.49. The molecule has 7 heteroatoms. The fourth-order valence-electron chi connectivity index (χ4n) is 2.48. The minimum absolute atomic E-state index is 0.179. The Morgan fingerprint density at radius 1 is 1.52 bits per heavy atom. The molecule has 0 spiro atoms. The first-order valence-electron chi connectivity index (χ1n) is 7.47. The average molecular weight is 442 g/mol. The number of rotatable bonds is 5. The average Bonchev–Trinajstić information content (AvgIpc) is 2.52. The van der Waals surface area contributed by atoms with Crippen LogP contribution in [-0.2, 0) is 4.79 Å². The summed E-state index contributed by atoms with van der Waals surface area (Å²) in [4.78, 5) is 16.1. The van der Waals surface area contributed by atoms with E-state index in [0.717, 1.165) is 5.39 Å². The smallest absolute Gasteiger partial charge is 0.229 e. The van der Waals surface area contributed by atoms with E-state index in [1.54, 1.807) is 13.0 Å². The highest BCUT2D eigenvalue weighted by Gasteiger charge is 2.36. The van der Waals surface area contributed by atoms with E-state index >= 15 is 0 Å². The summed E-state index contributed by atoms with van der Waals surface area (Å²) < 4.78 is 6.81. The number of benzene rings is 1. The molecule has 2 atom stereocenters. The zero-order valence-electron chi connectivity index (χ0n) is 14.3. The number of hydrogen-bond acceptors (Lipinski definition) is 4. The molecule has 1 N–H and O–H groups in total. The molecule has 1 amide bonds. The van der Waals surface area contributed by atoms with Gasteiger partial charge in [0.15, 0.2) is 5.44 Å². The number of hydrogen-bond donors (Lipinski definition) is 1. The summed E-state index contributed by atoms with van der Waals surface area (Å²) in [5, 5.41) is 4.33. The molecule has 1 aromatic heterocycles. The minimum Gasteiger partial charge on any atom is -0.459 e. The van der Waals surface area contributed by atoms with Gasteiger partial charge in [-0.1, -0.05) is 29.7 Å². The second-order valence-electron chi connectivity index (χ2n) is 5.53. The summed E-state index contributed by atoms with van der Waals surface area (Å²) in [7, 11) is 0. The first-order valence-corrected chi connectivity index (χ1v) is 9.93. The molecule has 2 rings (SSSR count). The van der Waals surface area contributed by atoms with Crippen molar-refractivity contribution in [2.24, 2.45) is 0 Å². The number of nitrogens with one attached hydrogen (secondary N) is 1. The maximum Gasteiger partial charge on any atom is 0.229 e. The van der Waals surface area contributed by atoms with Gasteiger partial charge in [-0.05, 0) is 48.2 Å². The highest BCUT2D eigenvalue weighted by molar-refractivity contribution is 9.10. The van der Waals surface area contributed by atoms with Crippen molar-refractivity contribution < 1.29 is 9.53 Å². The van der Waals surface area contributed by atoms with Crippen molar-refractivity contribution >= 4 is 56.1 Å². The zero-order chi connectivity index (χ0) is 18.6. The Morgan fingerprint density at radius 2 is 2.24 bits per heavy atom. The van der Waals surface area contributed by atoms with Gasteiger partial charge in [0.2, 0.25) is 11.8 Å². The largest absolute Gasteiger partial charge is 0.459 e. The molecule has 4 nitrogen and oxygen atoms in total. The van der Waals surface area contributed by atoms with Crippen molar-refractivity contribution in [2.45, 2.75) is 31.7 Å². The van der Waals surface area contributed by atoms with Crippen molar-refractivity contribution in [3.8, 4) is 17.7 Å². The van der Waals surface area contributed by atoms with Gasteiger partial charge in [0, 0.05) is 12.3 Å². The lowest BCUT2D eigenvalue weighted by atomic mass is 10.0. The van der Waals surface area contributed by atoms with E-state index in [0.29, 0.717) is 20.9 Å². The molecule has 1 aromatic carbocycles. The summed E-state index contributed by atoms with van der Waals surface area (Å²) in [5.41, 5.74) is -0.672. The number of carbonyl (C=O) groups is 1. The van der Waals surface area contributed by atoms with E-state index in [9.17, 15) is 4.79 Å². The van der Waals surface area contributed by atoms with Crippen molar-refractivity contribution in [2.75, 3.05) is 6.26 Å². The first kappa shape index (κ1) is 19.9. The zero-order valence-corrected chi connectivity index (χ0v) is 17.5. The maximum absolute atomic E-state index is 11.6. The molecular formula is C18H18BrClN2O2S. The van der Waals surface area contributed by atoms with E-state index in [1.165, 1.54) is 18.7 Å². The van der Waals surface area contributed by atoms with Crippen LogP contribution in [0, 0.1) is 11.8 Å². The molecule has 0 fully saturated rings. The van der Waals surface area contributed by atoms with Crippen LogP contribution in [0.2, 0.25) is 5.02 Å². The number of aromatic nitrogens is 1. The van der Waals surface area contributed by atoms with E-state index in [-0.39, 0.29) is 5.91 Å². The molecule has 2 aromatic rings. The summed E-state index contributed by atoms with van der Waals surface area (Å²) in [6.45, 7) is 5.01. The van der Waals surface area contributed by atoms with E-state index < -0.39 is 11.0 Å². The Kier molecular flexibility index (Phi) is 6.61. The second-order valence-corrected chi connectivity index (χ2v) is 7.69. The number of thioether (sulfide) groups is 1.